The van der Waals surface area contributed by atoms with Gasteiger partial charge in [-0.1, -0.05) is 50.5 Å². The van der Waals surface area contributed by atoms with Crippen LogP contribution in [0.3, 0.4) is 0 Å². The molecule has 0 aliphatic carbocycles. The maximum absolute atomic E-state index is 2.34. The van der Waals surface area contributed by atoms with Gasteiger partial charge in [-0.05, 0) is 24.0 Å². The molecule has 1 aliphatic heterocycles. The summed E-state index contributed by atoms with van der Waals surface area (Å²) in [6, 6.07) is 9.34. The molecule has 0 amide bonds. The van der Waals surface area contributed by atoms with Crippen molar-refractivity contribution in [1.82, 2.24) is 0 Å². The van der Waals surface area contributed by atoms with Crippen LogP contribution in [0, 0.1) is 0 Å². The summed E-state index contributed by atoms with van der Waals surface area (Å²) in [4.78, 5) is 0. The van der Waals surface area contributed by atoms with Gasteiger partial charge in [0.15, 0.2) is 0 Å². The van der Waals surface area contributed by atoms with E-state index in [0.29, 0.717) is 4.58 Å². The van der Waals surface area contributed by atoms with Gasteiger partial charge in [0.05, 0.1) is 4.58 Å². The first-order valence-electron chi connectivity index (χ1n) is 6.72. The lowest BCUT2D eigenvalue weighted by molar-refractivity contribution is 0.667. The highest BCUT2D eigenvalue weighted by atomic mass is 32.2. The third-order valence-electron chi connectivity index (χ3n) is 3.19. The average Bonchev–Trinajstić information content (AvgIpc) is 2.89. The quantitative estimate of drug-likeness (QED) is 0.642. The molecule has 1 aliphatic rings. The van der Waals surface area contributed by atoms with Crippen molar-refractivity contribution in [2.75, 3.05) is 11.5 Å². The van der Waals surface area contributed by atoms with Gasteiger partial charge >= 0.3 is 0 Å². The molecule has 17 heavy (non-hydrogen) atoms. The number of rotatable bonds is 6. The van der Waals surface area contributed by atoms with Crippen molar-refractivity contribution in [1.29, 1.82) is 0 Å². The molecule has 0 nitrogen and oxygen atoms in total. The van der Waals surface area contributed by atoms with Crippen LogP contribution in [-0.4, -0.2) is 11.5 Å². The summed E-state index contributed by atoms with van der Waals surface area (Å²) in [5, 5.41) is 0. The lowest BCUT2D eigenvalue weighted by atomic mass is 10.1. The highest BCUT2D eigenvalue weighted by molar-refractivity contribution is 8.19. The second kappa shape index (κ2) is 7.38. The van der Waals surface area contributed by atoms with E-state index in [2.05, 4.69) is 54.7 Å². The van der Waals surface area contributed by atoms with Gasteiger partial charge < -0.3 is 0 Å². The highest BCUT2D eigenvalue weighted by Crippen LogP contribution is 2.45. The Morgan fingerprint density at radius 3 is 2.35 bits per heavy atom. The van der Waals surface area contributed by atoms with Crippen LogP contribution in [0.2, 0.25) is 0 Å². The topological polar surface area (TPSA) is 0 Å². The number of aryl methyl sites for hydroxylation is 1. The number of unbranched alkanes of at least 4 members (excludes halogenated alkanes) is 3. The SMILES string of the molecule is CCCCCCc1ccc(C2SCCS2)cc1. The molecule has 2 heteroatoms. The van der Waals surface area contributed by atoms with E-state index in [1.165, 1.54) is 54.7 Å². The first-order chi connectivity index (χ1) is 8.40. The molecule has 0 aromatic heterocycles. The molecule has 1 fully saturated rings. The zero-order valence-corrected chi connectivity index (χ0v) is 12.3. The lowest BCUT2D eigenvalue weighted by Gasteiger charge is -2.09. The molecule has 1 heterocycles. The summed E-state index contributed by atoms with van der Waals surface area (Å²) >= 11 is 4.18. The Hall–Kier alpha value is -0.0800. The van der Waals surface area contributed by atoms with Crippen molar-refractivity contribution in [3.8, 4) is 0 Å². The fourth-order valence-corrected chi connectivity index (χ4v) is 5.01. The van der Waals surface area contributed by atoms with Gasteiger partial charge in [-0.25, -0.2) is 0 Å². The summed E-state index contributed by atoms with van der Waals surface area (Å²) in [6.07, 6.45) is 6.69. The minimum atomic E-state index is 0.698. The Bertz CT molecular complexity index is 312. The minimum Gasteiger partial charge on any atom is -0.142 e. The predicted octanol–water partition coefficient (Wildman–Crippen LogP) is 5.29. The largest absolute Gasteiger partial charge is 0.142 e. The molecule has 1 aromatic rings. The van der Waals surface area contributed by atoms with Gasteiger partial charge in [-0.3, -0.25) is 0 Å². The Kier molecular flexibility index (Phi) is 5.79. The van der Waals surface area contributed by atoms with E-state index in [0.717, 1.165) is 0 Å². The molecule has 0 atom stereocenters. The summed E-state index contributed by atoms with van der Waals surface area (Å²) in [6.45, 7) is 2.27. The van der Waals surface area contributed by atoms with Crippen molar-refractivity contribution < 1.29 is 0 Å². The summed E-state index contributed by atoms with van der Waals surface area (Å²) in [5.41, 5.74) is 3.02. The van der Waals surface area contributed by atoms with Crippen LogP contribution in [0.4, 0.5) is 0 Å². The fraction of sp³-hybridized carbons (Fsp3) is 0.600. The third kappa shape index (κ3) is 4.26. The second-order valence-corrected chi connectivity index (χ2v) is 7.35. The second-order valence-electron chi connectivity index (χ2n) is 4.63. The number of hydrogen-bond donors (Lipinski definition) is 0. The van der Waals surface area contributed by atoms with Gasteiger partial charge in [-0.2, -0.15) is 0 Å². The molecule has 0 unspecified atom stereocenters. The minimum absolute atomic E-state index is 0.698. The smallest absolute Gasteiger partial charge is 0.0751 e. The Morgan fingerprint density at radius 2 is 1.71 bits per heavy atom. The monoisotopic (exact) mass is 266 g/mol. The van der Waals surface area contributed by atoms with Crippen LogP contribution in [0.1, 0.15) is 48.3 Å². The van der Waals surface area contributed by atoms with Gasteiger partial charge in [0, 0.05) is 11.5 Å². The number of hydrogen-bond acceptors (Lipinski definition) is 2. The first kappa shape index (κ1) is 13.4. The molecule has 1 aromatic carbocycles. The van der Waals surface area contributed by atoms with Gasteiger partial charge in [0.25, 0.3) is 0 Å². The van der Waals surface area contributed by atoms with Gasteiger partial charge in [-0.15, -0.1) is 23.5 Å². The Labute approximate surface area is 114 Å². The van der Waals surface area contributed by atoms with Crippen molar-refractivity contribution >= 4 is 23.5 Å². The summed E-state index contributed by atoms with van der Waals surface area (Å²) in [7, 11) is 0. The summed E-state index contributed by atoms with van der Waals surface area (Å²) in [5.74, 6) is 2.63. The number of thioether (sulfide) groups is 2. The van der Waals surface area contributed by atoms with Crippen LogP contribution in [0.25, 0.3) is 0 Å². The zero-order chi connectivity index (χ0) is 11.9. The molecular weight excluding hydrogens is 244 g/mol. The normalized spacial score (nSPS) is 16.5. The maximum atomic E-state index is 2.34. The average molecular weight is 266 g/mol. The molecule has 0 N–H and O–H groups in total. The van der Waals surface area contributed by atoms with E-state index < -0.39 is 0 Å². The molecule has 0 bridgehead atoms. The first-order valence-corrected chi connectivity index (χ1v) is 8.82. The molecule has 94 valence electrons. The van der Waals surface area contributed by atoms with E-state index in [1.54, 1.807) is 0 Å². The third-order valence-corrected chi connectivity index (χ3v) is 6.30. The predicted molar refractivity (Wildman–Crippen MR) is 81.9 cm³/mol. The summed E-state index contributed by atoms with van der Waals surface area (Å²) < 4.78 is 0.698. The lowest BCUT2D eigenvalue weighted by Crippen LogP contribution is -1.89. The number of benzene rings is 1. The van der Waals surface area contributed by atoms with E-state index in [1.807, 2.05) is 0 Å². The van der Waals surface area contributed by atoms with Crippen molar-refractivity contribution in [3.63, 3.8) is 0 Å². The van der Waals surface area contributed by atoms with Crippen molar-refractivity contribution in [2.45, 2.75) is 43.6 Å². The van der Waals surface area contributed by atoms with Crippen molar-refractivity contribution in [3.05, 3.63) is 35.4 Å². The van der Waals surface area contributed by atoms with Crippen LogP contribution in [0.5, 0.6) is 0 Å². The van der Waals surface area contributed by atoms with Crippen LogP contribution in [0.15, 0.2) is 24.3 Å². The Balaban J connectivity index is 1.80. The Morgan fingerprint density at radius 1 is 1.00 bits per heavy atom. The maximum Gasteiger partial charge on any atom is 0.0751 e. The standard InChI is InChI=1S/C15H22S2/c1-2-3-4-5-6-13-7-9-14(10-8-13)15-16-11-12-17-15/h7-10,15H,2-6,11-12H2,1H3. The fourth-order valence-electron chi connectivity index (χ4n) is 2.15. The highest BCUT2D eigenvalue weighted by Gasteiger charge is 2.17. The van der Waals surface area contributed by atoms with Crippen LogP contribution >= 0.6 is 23.5 Å². The van der Waals surface area contributed by atoms with E-state index in [9.17, 15) is 0 Å². The molecule has 0 spiro atoms. The molecular formula is C15H22S2. The van der Waals surface area contributed by atoms with E-state index in [-0.39, 0.29) is 0 Å². The van der Waals surface area contributed by atoms with Crippen LogP contribution < -0.4 is 0 Å². The van der Waals surface area contributed by atoms with Crippen LogP contribution in [-0.2, 0) is 6.42 Å². The zero-order valence-electron chi connectivity index (χ0n) is 10.7. The van der Waals surface area contributed by atoms with Gasteiger partial charge in [0.1, 0.15) is 0 Å². The molecule has 0 radical (unpaired) electrons. The molecule has 1 saturated heterocycles. The van der Waals surface area contributed by atoms with Gasteiger partial charge in [0.2, 0.25) is 0 Å². The van der Waals surface area contributed by atoms with E-state index >= 15 is 0 Å². The van der Waals surface area contributed by atoms with E-state index in [4.69, 9.17) is 0 Å². The van der Waals surface area contributed by atoms with Crippen molar-refractivity contribution in [2.24, 2.45) is 0 Å². The molecule has 0 saturated carbocycles. The molecule has 2 rings (SSSR count).